The minimum Gasteiger partial charge on any atom is -0.486 e. The zero-order valence-electron chi connectivity index (χ0n) is 13.8. The van der Waals surface area contributed by atoms with E-state index >= 15 is 0 Å². The fourth-order valence-corrected chi connectivity index (χ4v) is 3.27. The summed E-state index contributed by atoms with van der Waals surface area (Å²) in [6, 6.07) is 6.23. The number of nitrogens with one attached hydrogen (secondary N) is 1. The summed E-state index contributed by atoms with van der Waals surface area (Å²) < 4.78 is 11.2. The zero-order chi connectivity index (χ0) is 16.1. The average Bonchev–Trinajstić information content (AvgIpc) is 3.07. The highest BCUT2D eigenvalue weighted by Crippen LogP contribution is 2.31. The maximum absolute atomic E-state index is 11.8. The summed E-state index contributed by atoms with van der Waals surface area (Å²) >= 11 is 0. The number of nitrogens with zero attached hydrogens (tertiary/aromatic N) is 1. The lowest BCUT2D eigenvalue weighted by Gasteiger charge is -2.25. The lowest BCUT2D eigenvalue weighted by Crippen LogP contribution is -2.44. The fraction of sp³-hybridized carbons (Fsp3) is 0.611. The zero-order valence-corrected chi connectivity index (χ0v) is 13.8. The van der Waals surface area contributed by atoms with Crippen LogP contribution in [0.25, 0.3) is 0 Å². The second kappa shape index (κ2) is 7.68. The lowest BCUT2D eigenvalue weighted by atomic mass is 10.0. The molecule has 0 spiro atoms. The van der Waals surface area contributed by atoms with Gasteiger partial charge in [-0.15, -0.1) is 0 Å². The van der Waals surface area contributed by atoms with Crippen LogP contribution in [-0.4, -0.2) is 49.7 Å². The van der Waals surface area contributed by atoms with Crippen LogP contribution >= 0.6 is 0 Å². The average molecular weight is 318 g/mol. The Bertz CT molecular complexity index is 541. The van der Waals surface area contributed by atoms with E-state index in [9.17, 15) is 4.79 Å². The van der Waals surface area contributed by atoms with Crippen LogP contribution in [0.5, 0.6) is 11.5 Å². The summed E-state index contributed by atoms with van der Waals surface area (Å²) in [5.41, 5.74) is 1.18. The molecule has 23 heavy (non-hydrogen) atoms. The van der Waals surface area contributed by atoms with E-state index in [1.165, 1.54) is 18.4 Å². The van der Waals surface area contributed by atoms with Crippen LogP contribution < -0.4 is 14.8 Å². The van der Waals surface area contributed by atoms with Crippen molar-refractivity contribution in [2.24, 2.45) is 0 Å². The summed E-state index contributed by atoms with van der Waals surface area (Å²) in [4.78, 5) is 14.3. The third kappa shape index (κ3) is 4.38. The number of carbonyl (C=O) groups is 1. The molecule has 2 heterocycles. The molecule has 1 amide bonds. The highest BCUT2D eigenvalue weighted by Gasteiger charge is 2.20. The Morgan fingerprint density at radius 3 is 2.70 bits per heavy atom. The third-order valence-electron chi connectivity index (χ3n) is 4.45. The molecule has 0 unspecified atom stereocenters. The molecule has 0 aromatic heterocycles. The van der Waals surface area contributed by atoms with Crippen LogP contribution in [-0.2, 0) is 11.2 Å². The Morgan fingerprint density at radius 1 is 1.22 bits per heavy atom. The van der Waals surface area contributed by atoms with Gasteiger partial charge >= 0.3 is 0 Å². The first-order valence-corrected chi connectivity index (χ1v) is 8.65. The first-order chi connectivity index (χ1) is 11.2. The summed E-state index contributed by atoms with van der Waals surface area (Å²) in [5.74, 6) is 1.75. The van der Waals surface area contributed by atoms with Crippen LogP contribution in [0.2, 0.25) is 0 Å². The number of likely N-dealkylation sites (tertiary alicyclic amines) is 1. The van der Waals surface area contributed by atoms with Crippen molar-refractivity contribution in [3.63, 3.8) is 0 Å². The number of hydrogen-bond donors (Lipinski definition) is 1. The van der Waals surface area contributed by atoms with Crippen molar-refractivity contribution in [2.45, 2.75) is 38.6 Å². The molecular weight excluding hydrogens is 292 g/mol. The molecule has 0 radical (unpaired) electrons. The number of carbonyl (C=O) groups excluding carboxylic acids is 1. The standard InChI is InChI=1S/C18H26N2O3/c1-2-18(21)19-15(13-20-7-3-4-8-20)11-14-5-6-16-17(12-14)23-10-9-22-16/h5-6,12,15H,2-4,7-11,13H2,1H3,(H,19,21)/t15-/m0/s1. The van der Waals surface area contributed by atoms with Crippen LogP contribution in [0, 0.1) is 0 Å². The van der Waals surface area contributed by atoms with E-state index in [2.05, 4.69) is 16.3 Å². The molecule has 0 saturated carbocycles. The number of hydrogen-bond acceptors (Lipinski definition) is 4. The van der Waals surface area contributed by atoms with Crippen LogP contribution in [0.4, 0.5) is 0 Å². The molecule has 1 fully saturated rings. The Balaban J connectivity index is 1.67. The number of amides is 1. The van der Waals surface area contributed by atoms with E-state index in [4.69, 9.17) is 9.47 Å². The molecule has 126 valence electrons. The van der Waals surface area contributed by atoms with Gasteiger partial charge in [0.1, 0.15) is 13.2 Å². The number of benzene rings is 1. The summed E-state index contributed by atoms with van der Waals surface area (Å²) in [6.07, 6.45) is 3.87. The quantitative estimate of drug-likeness (QED) is 0.871. The molecule has 1 saturated heterocycles. The Hall–Kier alpha value is -1.75. The largest absolute Gasteiger partial charge is 0.486 e. The van der Waals surface area contributed by atoms with Crippen molar-refractivity contribution < 1.29 is 14.3 Å². The first kappa shape index (κ1) is 16.1. The predicted octanol–water partition coefficient (Wildman–Crippen LogP) is 1.99. The minimum atomic E-state index is 0.117. The predicted molar refractivity (Wildman–Crippen MR) is 89.0 cm³/mol. The fourth-order valence-electron chi connectivity index (χ4n) is 3.27. The van der Waals surface area contributed by atoms with Crippen molar-refractivity contribution in [1.82, 2.24) is 10.2 Å². The van der Waals surface area contributed by atoms with Crippen molar-refractivity contribution in [1.29, 1.82) is 0 Å². The van der Waals surface area contributed by atoms with Gasteiger partial charge in [0.2, 0.25) is 5.91 Å². The molecule has 1 atom stereocenters. The number of fused-ring (bicyclic) bond motifs is 1. The van der Waals surface area contributed by atoms with Gasteiger partial charge in [-0.25, -0.2) is 0 Å². The molecular formula is C18H26N2O3. The van der Waals surface area contributed by atoms with E-state index in [1.807, 2.05) is 19.1 Å². The van der Waals surface area contributed by atoms with E-state index in [1.54, 1.807) is 0 Å². The Kier molecular flexibility index (Phi) is 5.39. The number of ether oxygens (including phenoxy) is 2. The lowest BCUT2D eigenvalue weighted by molar-refractivity contribution is -0.121. The van der Waals surface area contributed by atoms with Crippen LogP contribution in [0.1, 0.15) is 31.7 Å². The molecule has 1 aromatic rings. The number of rotatable bonds is 6. The smallest absolute Gasteiger partial charge is 0.219 e. The van der Waals surface area contributed by atoms with Crippen molar-refractivity contribution >= 4 is 5.91 Å². The SMILES string of the molecule is CCC(=O)N[C@@H](Cc1ccc2c(c1)OCCO2)CN1CCCC1. The van der Waals surface area contributed by atoms with Crippen molar-refractivity contribution in [3.8, 4) is 11.5 Å². The van der Waals surface area contributed by atoms with E-state index < -0.39 is 0 Å². The van der Waals surface area contributed by atoms with Gasteiger partial charge in [-0.05, 0) is 50.0 Å². The highest BCUT2D eigenvalue weighted by molar-refractivity contribution is 5.75. The molecule has 5 nitrogen and oxygen atoms in total. The van der Waals surface area contributed by atoms with Crippen LogP contribution in [0.3, 0.4) is 0 Å². The van der Waals surface area contributed by atoms with Gasteiger partial charge in [-0.1, -0.05) is 13.0 Å². The van der Waals surface area contributed by atoms with Gasteiger partial charge in [0.25, 0.3) is 0 Å². The molecule has 1 aromatic carbocycles. The monoisotopic (exact) mass is 318 g/mol. The highest BCUT2D eigenvalue weighted by atomic mass is 16.6. The van der Waals surface area contributed by atoms with Crippen LogP contribution in [0.15, 0.2) is 18.2 Å². The first-order valence-electron chi connectivity index (χ1n) is 8.65. The molecule has 0 bridgehead atoms. The molecule has 3 rings (SSSR count). The molecule has 2 aliphatic rings. The summed E-state index contributed by atoms with van der Waals surface area (Å²) in [5, 5.41) is 3.17. The molecule has 5 heteroatoms. The minimum absolute atomic E-state index is 0.117. The van der Waals surface area contributed by atoms with E-state index in [0.29, 0.717) is 19.6 Å². The van der Waals surface area contributed by atoms with E-state index in [-0.39, 0.29) is 11.9 Å². The Morgan fingerprint density at radius 2 is 1.96 bits per heavy atom. The second-order valence-corrected chi connectivity index (χ2v) is 6.31. The van der Waals surface area contributed by atoms with Crippen molar-refractivity contribution in [2.75, 3.05) is 32.8 Å². The van der Waals surface area contributed by atoms with Gasteiger partial charge in [0.15, 0.2) is 11.5 Å². The molecule has 1 N–H and O–H groups in total. The molecule has 2 aliphatic heterocycles. The summed E-state index contributed by atoms with van der Waals surface area (Å²) in [7, 11) is 0. The van der Waals surface area contributed by atoms with Gasteiger partial charge in [-0.2, -0.15) is 0 Å². The maximum atomic E-state index is 11.8. The summed E-state index contributed by atoms with van der Waals surface area (Å²) in [6.45, 7) is 6.29. The van der Waals surface area contributed by atoms with E-state index in [0.717, 1.165) is 37.6 Å². The Labute approximate surface area is 137 Å². The van der Waals surface area contributed by atoms with Gasteiger partial charge < -0.3 is 19.7 Å². The molecule has 0 aliphatic carbocycles. The van der Waals surface area contributed by atoms with Crippen molar-refractivity contribution in [3.05, 3.63) is 23.8 Å². The normalized spacial score (nSPS) is 18.7. The topological polar surface area (TPSA) is 50.8 Å². The van der Waals surface area contributed by atoms with Gasteiger partial charge in [-0.3, -0.25) is 4.79 Å². The third-order valence-corrected chi connectivity index (χ3v) is 4.45. The second-order valence-electron chi connectivity index (χ2n) is 6.31. The van der Waals surface area contributed by atoms with Gasteiger partial charge in [0, 0.05) is 19.0 Å². The maximum Gasteiger partial charge on any atom is 0.219 e. The van der Waals surface area contributed by atoms with Gasteiger partial charge in [0.05, 0.1) is 0 Å².